The van der Waals surface area contributed by atoms with Crippen molar-refractivity contribution in [3.8, 4) is 0 Å². The second kappa shape index (κ2) is 3.74. The van der Waals surface area contributed by atoms with E-state index in [9.17, 15) is 10.1 Å². The van der Waals surface area contributed by atoms with E-state index in [2.05, 4.69) is 4.99 Å². The number of thiocarbonyl (C=S) groups is 1. The first kappa shape index (κ1) is 9.72. The third kappa shape index (κ3) is 1.84. The van der Waals surface area contributed by atoms with Crippen molar-refractivity contribution in [2.24, 2.45) is 4.99 Å². The molecule has 0 unspecified atom stereocenters. The van der Waals surface area contributed by atoms with E-state index in [0.717, 1.165) is 5.69 Å². The molecule has 1 aliphatic heterocycles. The van der Waals surface area contributed by atoms with Crippen molar-refractivity contribution in [3.05, 3.63) is 34.4 Å². The quantitative estimate of drug-likeness (QED) is 0.434. The normalized spacial score (nSPS) is 14.7. The Kier molecular flexibility index (Phi) is 2.42. The first-order valence-corrected chi connectivity index (χ1v) is 4.68. The molecule has 0 aliphatic carbocycles. The minimum Gasteiger partial charge on any atom is -0.312 e. The summed E-state index contributed by atoms with van der Waals surface area (Å²) in [5, 5.41) is 10.9. The summed E-state index contributed by atoms with van der Waals surface area (Å²) in [7, 11) is 0. The van der Waals surface area contributed by atoms with Gasteiger partial charge >= 0.3 is 0 Å². The number of nitro groups is 1. The highest BCUT2D eigenvalue weighted by atomic mass is 32.1. The number of hydrogen-bond acceptors (Lipinski definition) is 3. The van der Waals surface area contributed by atoms with Crippen LogP contribution in [0.5, 0.6) is 0 Å². The molecule has 0 amide bonds. The lowest BCUT2D eigenvalue weighted by atomic mass is 10.2. The fourth-order valence-electron chi connectivity index (χ4n) is 1.32. The highest BCUT2D eigenvalue weighted by Gasteiger charge is 2.15. The third-order valence-corrected chi connectivity index (χ3v) is 2.39. The van der Waals surface area contributed by atoms with E-state index < -0.39 is 4.92 Å². The van der Waals surface area contributed by atoms with E-state index in [1.54, 1.807) is 23.2 Å². The minimum absolute atomic E-state index is 0.0739. The van der Waals surface area contributed by atoms with Crippen LogP contribution in [-0.2, 0) is 0 Å². The van der Waals surface area contributed by atoms with Gasteiger partial charge < -0.3 is 4.90 Å². The van der Waals surface area contributed by atoms with Crippen LogP contribution in [0.15, 0.2) is 29.3 Å². The van der Waals surface area contributed by atoms with Gasteiger partial charge in [0.2, 0.25) is 0 Å². The zero-order chi connectivity index (χ0) is 10.8. The number of benzene rings is 1. The molecule has 1 aromatic rings. The highest BCUT2D eigenvalue weighted by molar-refractivity contribution is 7.80. The lowest BCUT2D eigenvalue weighted by Gasteiger charge is -2.15. The van der Waals surface area contributed by atoms with E-state index in [1.807, 2.05) is 0 Å². The second-order valence-electron chi connectivity index (χ2n) is 2.98. The molecule has 76 valence electrons. The fourth-order valence-corrected chi connectivity index (χ4v) is 1.57. The summed E-state index contributed by atoms with van der Waals surface area (Å²) in [5.41, 5.74) is 0.896. The molecule has 0 saturated carbocycles. The second-order valence-corrected chi connectivity index (χ2v) is 3.34. The van der Waals surface area contributed by atoms with Crippen LogP contribution in [0.1, 0.15) is 0 Å². The number of nitrogens with zero attached hydrogens (tertiary/aromatic N) is 3. The van der Waals surface area contributed by atoms with Gasteiger partial charge in [-0.1, -0.05) is 0 Å². The third-order valence-electron chi connectivity index (χ3n) is 2.07. The molecule has 0 atom stereocenters. The Hall–Kier alpha value is -1.82. The van der Waals surface area contributed by atoms with Crippen LogP contribution < -0.4 is 4.90 Å². The van der Waals surface area contributed by atoms with Gasteiger partial charge in [-0.25, -0.2) is 4.99 Å². The predicted molar refractivity (Wildman–Crippen MR) is 61.5 cm³/mol. The molecule has 0 spiro atoms. The van der Waals surface area contributed by atoms with Crippen molar-refractivity contribution < 1.29 is 4.92 Å². The maximum Gasteiger partial charge on any atom is 0.269 e. The van der Waals surface area contributed by atoms with Gasteiger partial charge in [-0.05, 0) is 24.4 Å². The predicted octanol–water partition coefficient (Wildman–Crippen LogP) is 1.77. The van der Waals surface area contributed by atoms with Crippen molar-refractivity contribution in [2.75, 3.05) is 11.4 Å². The van der Waals surface area contributed by atoms with Crippen molar-refractivity contribution >= 4 is 34.9 Å². The van der Waals surface area contributed by atoms with E-state index in [1.165, 1.54) is 12.1 Å². The number of non-ortho nitro benzene ring substituents is 1. The first-order chi connectivity index (χ1) is 7.18. The summed E-state index contributed by atoms with van der Waals surface area (Å²) in [6, 6.07) is 6.24. The van der Waals surface area contributed by atoms with Crippen LogP contribution in [0.3, 0.4) is 0 Å². The smallest absolute Gasteiger partial charge is 0.269 e. The number of anilines is 1. The standard InChI is InChI=1S/C9H7N3O2S/c13-12(14)8-3-1-7(2-4-8)11-6-5-10-9(11)15/h1-5H,6H2. The monoisotopic (exact) mass is 221 g/mol. The highest BCUT2D eigenvalue weighted by Crippen LogP contribution is 2.20. The Morgan fingerprint density at radius 3 is 2.53 bits per heavy atom. The van der Waals surface area contributed by atoms with Crippen LogP contribution in [0, 0.1) is 10.1 Å². The fraction of sp³-hybridized carbons (Fsp3) is 0.111. The molecule has 0 fully saturated rings. The summed E-state index contributed by atoms with van der Waals surface area (Å²) < 4.78 is 0. The molecular formula is C9H7N3O2S. The van der Waals surface area contributed by atoms with E-state index >= 15 is 0 Å². The Balaban J connectivity index is 2.24. The van der Waals surface area contributed by atoms with Crippen LogP contribution in [0.2, 0.25) is 0 Å². The maximum absolute atomic E-state index is 10.4. The average Bonchev–Trinajstić information content (AvgIpc) is 2.65. The number of rotatable bonds is 2. The number of aliphatic imine (C=N–C) groups is 1. The lowest BCUT2D eigenvalue weighted by Crippen LogP contribution is -2.23. The van der Waals surface area contributed by atoms with Crippen LogP contribution in [0.4, 0.5) is 11.4 Å². The van der Waals surface area contributed by atoms with Crippen molar-refractivity contribution in [2.45, 2.75) is 0 Å². The molecule has 1 aliphatic rings. The van der Waals surface area contributed by atoms with E-state index in [0.29, 0.717) is 11.7 Å². The summed E-state index contributed by atoms with van der Waals surface area (Å²) in [6.45, 7) is 0.622. The molecule has 0 N–H and O–H groups in total. The molecule has 0 saturated heterocycles. The Labute approximate surface area is 91.2 Å². The van der Waals surface area contributed by atoms with Gasteiger partial charge in [0.25, 0.3) is 5.69 Å². The van der Waals surface area contributed by atoms with E-state index in [4.69, 9.17) is 12.2 Å². The summed E-state index contributed by atoms with van der Waals surface area (Å²) in [6.07, 6.45) is 1.71. The SMILES string of the molecule is O=[N+]([O-])c1ccc(N2CC=NC2=S)cc1. The lowest BCUT2D eigenvalue weighted by molar-refractivity contribution is -0.384. The molecule has 0 radical (unpaired) electrons. The van der Waals surface area contributed by atoms with Crippen molar-refractivity contribution in [1.82, 2.24) is 0 Å². The largest absolute Gasteiger partial charge is 0.312 e. The minimum atomic E-state index is -0.428. The number of nitro benzene ring substituents is 1. The maximum atomic E-state index is 10.4. The molecule has 1 heterocycles. The average molecular weight is 221 g/mol. The number of hydrogen-bond donors (Lipinski definition) is 0. The Morgan fingerprint density at radius 1 is 1.40 bits per heavy atom. The van der Waals surface area contributed by atoms with Gasteiger partial charge in [0.15, 0.2) is 5.11 Å². The van der Waals surface area contributed by atoms with Crippen LogP contribution in [-0.4, -0.2) is 22.8 Å². The summed E-state index contributed by atoms with van der Waals surface area (Å²) >= 11 is 5.00. The summed E-state index contributed by atoms with van der Waals surface area (Å²) in [4.78, 5) is 15.8. The first-order valence-electron chi connectivity index (χ1n) is 4.27. The van der Waals surface area contributed by atoms with Gasteiger partial charge in [-0.15, -0.1) is 0 Å². The van der Waals surface area contributed by atoms with Crippen molar-refractivity contribution in [1.29, 1.82) is 0 Å². The van der Waals surface area contributed by atoms with Gasteiger partial charge in [0.05, 0.1) is 11.5 Å². The van der Waals surface area contributed by atoms with E-state index in [-0.39, 0.29) is 5.69 Å². The summed E-state index contributed by atoms with van der Waals surface area (Å²) in [5.74, 6) is 0. The van der Waals surface area contributed by atoms with Crippen LogP contribution >= 0.6 is 12.2 Å². The zero-order valence-corrected chi connectivity index (χ0v) is 8.48. The van der Waals surface area contributed by atoms with Gasteiger partial charge in [0, 0.05) is 24.0 Å². The topological polar surface area (TPSA) is 58.7 Å². The zero-order valence-electron chi connectivity index (χ0n) is 7.66. The molecular weight excluding hydrogens is 214 g/mol. The molecule has 6 heteroatoms. The van der Waals surface area contributed by atoms with Gasteiger partial charge in [-0.2, -0.15) is 0 Å². The molecule has 2 rings (SSSR count). The Morgan fingerprint density at radius 2 is 2.07 bits per heavy atom. The molecule has 5 nitrogen and oxygen atoms in total. The molecule has 1 aromatic carbocycles. The Bertz CT molecular complexity index is 441. The van der Waals surface area contributed by atoms with Gasteiger partial charge in [0.1, 0.15) is 0 Å². The molecule has 0 aromatic heterocycles. The molecule has 15 heavy (non-hydrogen) atoms. The molecule has 0 bridgehead atoms. The van der Waals surface area contributed by atoms with Crippen LogP contribution in [0.25, 0.3) is 0 Å². The van der Waals surface area contributed by atoms with Gasteiger partial charge in [-0.3, -0.25) is 10.1 Å². The van der Waals surface area contributed by atoms with Crippen molar-refractivity contribution in [3.63, 3.8) is 0 Å².